The Bertz CT molecular complexity index is 1000. The molecular formula is C22H26F3N5O. The van der Waals surface area contributed by atoms with Gasteiger partial charge in [-0.2, -0.15) is 13.2 Å². The van der Waals surface area contributed by atoms with Gasteiger partial charge in [-0.3, -0.25) is 4.90 Å². The van der Waals surface area contributed by atoms with Crippen LogP contribution in [0.15, 0.2) is 18.5 Å². The van der Waals surface area contributed by atoms with Crippen LogP contribution in [0.3, 0.4) is 0 Å². The summed E-state index contributed by atoms with van der Waals surface area (Å²) in [6.45, 7) is 3.57. The van der Waals surface area contributed by atoms with E-state index >= 15 is 0 Å². The number of rotatable bonds is 4. The van der Waals surface area contributed by atoms with Gasteiger partial charge in [0, 0.05) is 48.5 Å². The first kappa shape index (κ1) is 19.5. The quantitative estimate of drug-likeness (QED) is 0.793. The van der Waals surface area contributed by atoms with E-state index in [-0.39, 0.29) is 5.54 Å². The van der Waals surface area contributed by atoms with Crippen molar-refractivity contribution < 1.29 is 17.9 Å². The molecule has 1 aliphatic heterocycles. The summed E-state index contributed by atoms with van der Waals surface area (Å²) >= 11 is 0. The fourth-order valence-corrected chi connectivity index (χ4v) is 5.96. The summed E-state index contributed by atoms with van der Waals surface area (Å²) in [5.74, 6) is 1.55. The third-order valence-corrected chi connectivity index (χ3v) is 7.68. The summed E-state index contributed by atoms with van der Waals surface area (Å²) in [5, 5.41) is 0. The Morgan fingerprint density at radius 3 is 2.55 bits per heavy atom. The Kier molecular flexibility index (Phi) is 4.21. The zero-order chi connectivity index (χ0) is 21.4. The smallest absolute Gasteiger partial charge is 0.383 e. The normalized spacial score (nSPS) is 31.1. The minimum absolute atomic E-state index is 0.260. The van der Waals surface area contributed by atoms with Gasteiger partial charge in [-0.25, -0.2) is 9.97 Å². The molecule has 3 heterocycles. The lowest BCUT2D eigenvalue weighted by molar-refractivity contribution is -0.137. The van der Waals surface area contributed by atoms with Gasteiger partial charge in [0.05, 0.1) is 24.5 Å². The Balaban J connectivity index is 1.33. The maximum atomic E-state index is 13.3. The number of hydrogen-bond acceptors (Lipinski definition) is 5. The largest absolute Gasteiger partial charge is 0.419 e. The number of ether oxygens (including phenoxy) is 1. The Labute approximate surface area is 178 Å². The molecule has 1 saturated heterocycles. The van der Waals surface area contributed by atoms with Crippen molar-refractivity contribution in [3.05, 3.63) is 29.8 Å². The number of fused-ring (bicyclic) bond motifs is 1. The van der Waals surface area contributed by atoms with Crippen molar-refractivity contribution in [1.29, 1.82) is 0 Å². The van der Waals surface area contributed by atoms with E-state index < -0.39 is 17.6 Å². The second kappa shape index (κ2) is 6.68. The Morgan fingerprint density at radius 1 is 1.13 bits per heavy atom. The summed E-state index contributed by atoms with van der Waals surface area (Å²) in [6, 6.07) is 1.44. The number of imidazole rings is 1. The molecule has 4 aliphatic carbocycles. The molecule has 2 bridgehead atoms. The van der Waals surface area contributed by atoms with Crippen LogP contribution in [0.2, 0.25) is 0 Å². The lowest BCUT2D eigenvalue weighted by Gasteiger charge is -2.49. The van der Waals surface area contributed by atoms with Gasteiger partial charge < -0.3 is 15.0 Å². The molecule has 0 spiro atoms. The van der Waals surface area contributed by atoms with Gasteiger partial charge in [-0.15, -0.1) is 0 Å². The molecule has 5 aliphatic rings. The third kappa shape index (κ3) is 3.16. The maximum Gasteiger partial charge on any atom is 0.419 e. The number of anilines is 1. The van der Waals surface area contributed by atoms with Gasteiger partial charge in [-0.05, 0) is 44.1 Å². The van der Waals surface area contributed by atoms with E-state index in [4.69, 9.17) is 15.5 Å². The van der Waals surface area contributed by atoms with E-state index in [0.717, 1.165) is 57.5 Å². The van der Waals surface area contributed by atoms with Gasteiger partial charge in [0.1, 0.15) is 11.6 Å². The lowest BCUT2D eigenvalue weighted by atomic mass is 9.75. The first-order valence-electron chi connectivity index (χ1n) is 11.1. The number of aromatic nitrogens is 3. The van der Waals surface area contributed by atoms with Crippen LogP contribution in [0.4, 0.5) is 19.0 Å². The van der Waals surface area contributed by atoms with Crippen LogP contribution < -0.4 is 5.73 Å². The van der Waals surface area contributed by atoms with Crippen LogP contribution in [0.1, 0.15) is 55.5 Å². The van der Waals surface area contributed by atoms with Crippen molar-refractivity contribution in [3.8, 4) is 11.3 Å². The van der Waals surface area contributed by atoms with Crippen molar-refractivity contribution >= 4 is 5.82 Å². The number of morpholine rings is 1. The number of nitrogens with zero attached hydrogens (tertiary/aromatic N) is 4. The fraction of sp³-hybridized carbons (Fsp3) is 0.636. The average molecular weight is 433 g/mol. The van der Waals surface area contributed by atoms with E-state index in [1.54, 1.807) is 0 Å². The number of hydrogen-bond donors (Lipinski definition) is 1. The van der Waals surface area contributed by atoms with Crippen LogP contribution in [-0.2, 0) is 10.9 Å². The molecular weight excluding hydrogens is 407 g/mol. The molecule has 0 amide bonds. The van der Waals surface area contributed by atoms with E-state index in [2.05, 4.69) is 14.5 Å². The predicted octanol–water partition coefficient (Wildman–Crippen LogP) is 3.85. The van der Waals surface area contributed by atoms with Crippen molar-refractivity contribution in [2.75, 3.05) is 32.0 Å². The molecule has 5 fully saturated rings. The summed E-state index contributed by atoms with van der Waals surface area (Å²) in [5.41, 5.74) is 5.78. The van der Waals surface area contributed by atoms with Crippen molar-refractivity contribution in [1.82, 2.24) is 19.4 Å². The van der Waals surface area contributed by atoms with E-state index in [0.29, 0.717) is 29.1 Å². The van der Waals surface area contributed by atoms with Crippen molar-refractivity contribution in [2.24, 2.45) is 5.92 Å². The Hall–Kier alpha value is -2.13. The first-order chi connectivity index (χ1) is 14.8. The zero-order valence-electron chi connectivity index (χ0n) is 17.2. The molecule has 2 N–H and O–H groups in total. The topological polar surface area (TPSA) is 69.2 Å². The van der Waals surface area contributed by atoms with Gasteiger partial charge in [-0.1, -0.05) is 0 Å². The van der Waals surface area contributed by atoms with Crippen LogP contribution in [0.5, 0.6) is 0 Å². The minimum atomic E-state index is -4.54. The number of pyridine rings is 1. The first-order valence-corrected chi connectivity index (χ1v) is 11.1. The summed E-state index contributed by atoms with van der Waals surface area (Å²) in [4.78, 5) is 11.2. The molecule has 6 nitrogen and oxygen atoms in total. The number of nitrogen functional groups attached to an aromatic ring is 1. The molecule has 4 saturated carbocycles. The molecule has 1 atom stereocenters. The summed E-state index contributed by atoms with van der Waals surface area (Å²) in [6.07, 6.45) is 4.48. The Morgan fingerprint density at radius 2 is 1.87 bits per heavy atom. The van der Waals surface area contributed by atoms with Crippen LogP contribution in [-0.4, -0.2) is 51.3 Å². The number of halogens is 3. The highest BCUT2D eigenvalue weighted by Gasteiger charge is 2.59. The number of alkyl halides is 3. The van der Waals surface area contributed by atoms with Crippen molar-refractivity contribution in [2.45, 2.75) is 55.8 Å². The molecule has 0 radical (unpaired) electrons. The van der Waals surface area contributed by atoms with Gasteiger partial charge in [0.15, 0.2) is 0 Å². The molecule has 7 rings (SSSR count). The highest BCUT2D eigenvalue weighted by molar-refractivity contribution is 5.62. The second-order valence-electron chi connectivity index (χ2n) is 9.58. The van der Waals surface area contributed by atoms with Crippen LogP contribution in [0.25, 0.3) is 11.3 Å². The predicted molar refractivity (Wildman–Crippen MR) is 108 cm³/mol. The maximum absolute atomic E-state index is 13.3. The third-order valence-electron chi connectivity index (χ3n) is 7.68. The summed E-state index contributed by atoms with van der Waals surface area (Å²) < 4.78 is 47.8. The second-order valence-corrected chi connectivity index (χ2v) is 9.58. The molecule has 166 valence electrons. The molecule has 2 aromatic heterocycles. The highest BCUT2D eigenvalue weighted by Crippen LogP contribution is 2.61. The molecule has 2 aromatic rings. The van der Waals surface area contributed by atoms with E-state index in [1.807, 2.05) is 6.20 Å². The van der Waals surface area contributed by atoms with Gasteiger partial charge in [0.2, 0.25) is 0 Å². The highest BCUT2D eigenvalue weighted by atomic mass is 19.4. The zero-order valence-corrected chi connectivity index (χ0v) is 17.2. The SMILES string of the molecule is Nc1ncc(-c2cn([C@H]3CC4(N5CCOCC5)CC3C4)c(C3CC3)n2)cc1C(F)(F)F. The molecule has 9 heteroatoms. The molecule has 0 unspecified atom stereocenters. The van der Waals surface area contributed by atoms with Gasteiger partial charge >= 0.3 is 6.18 Å². The standard InChI is InChI=1S/C22H26F3N5O/c23-22(24,25)16-7-14(11-27-19(16)26)17-12-30(20(28-17)13-1-2-13)18-10-21(8-15(18)9-21)29-3-5-31-6-4-29/h7,11-13,15,18H,1-6,8-10H2,(H2,26,27)/t15?,18-,21?/m0/s1. The van der Waals surface area contributed by atoms with Gasteiger partial charge in [0.25, 0.3) is 0 Å². The summed E-state index contributed by atoms with van der Waals surface area (Å²) in [7, 11) is 0. The fourth-order valence-electron chi connectivity index (χ4n) is 5.96. The van der Waals surface area contributed by atoms with E-state index in [9.17, 15) is 13.2 Å². The van der Waals surface area contributed by atoms with Crippen LogP contribution >= 0.6 is 0 Å². The monoisotopic (exact) mass is 433 g/mol. The molecule has 0 aromatic carbocycles. The van der Waals surface area contributed by atoms with Crippen LogP contribution in [0, 0.1) is 5.92 Å². The number of nitrogens with two attached hydrogens (primary N) is 1. The lowest BCUT2D eigenvalue weighted by Crippen LogP contribution is -2.56. The molecule has 31 heavy (non-hydrogen) atoms. The minimum Gasteiger partial charge on any atom is -0.383 e. The van der Waals surface area contributed by atoms with E-state index in [1.165, 1.54) is 19.0 Å². The van der Waals surface area contributed by atoms with Crippen molar-refractivity contribution in [3.63, 3.8) is 0 Å². The average Bonchev–Trinajstić information content (AvgIpc) is 3.20.